The lowest BCUT2D eigenvalue weighted by Gasteiger charge is -2.37. The van der Waals surface area contributed by atoms with Gasteiger partial charge >= 0.3 is 0 Å². The molecule has 0 spiro atoms. The first-order chi connectivity index (χ1) is 8.83. The maximum Gasteiger partial charge on any atom is 0.257 e. The molecule has 1 atom stereocenters. The Bertz CT molecular complexity index is 547. The lowest BCUT2D eigenvalue weighted by Crippen LogP contribution is -2.46. The van der Waals surface area contributed by atoms with Crippen LogP contribution in [0.1, 0.15) is 31.9 Å². The highest BCUT2D eigenvalue weighted by atomic mass is 32.2. The van der Waals surface area contributed by atoms with Gasteiger partial charge in [-0.2, -0.15) is 5.10 Å². The van der Waals surface area contributed by atoms with Crippen LogP contribution in [-0.4, -0.2) is 35.5 Å². The van der Waals surface area contributed by atoms with E-state index in [1.807, 2.05) is 6.92 Å². The van der Waals surface area contributed by atoms with Gasteiger partial charge in [-0.05, 0) is 38.2 Å². The largest absolute Gasteiger partial charge is 0.393 e. The van der Waals surface area contributed by atoms with Crippen molar-refractivity contribution in [2.24, 2.45) is 13.0 Å². The number of sulfonamides is 1. The van der Waals surface area contributed by atoms with E-state index in [1.54, 1.807) is 20.0 Å². The third-order valence-corrected chi connectivity index (χ3v) is 5.25. The van der Waals surface area contributed by atoms with Gasteiger partial charge in [-0.15, -0.1) is 0 Å². The Morgan fingerprint density at radius 2 is 2.21 bits per heavy atom. The lowest BCUT2D eigenvalue weighted by molar-refractivity contribution is 0.0277. The van der Waals surface area contributed by atoms with E-state index in [1.165, 1.54) is 4.68 Å². The third kappa shape index (κ3) is 2.98. The first kappa shape index (κ1) is 14.5. The van der Waals surface area contributed by atoms with E-state index in [4.69, 9.17) is 0 Å². The fraction of sp³-hybridized carbons (Fsp3) is 0.750. The predicted molar refractivity (Wildman–Crippen MR) is 71.1 cm³/mol. The van der Waals surface area contributed by atoms with Crippen molar-refractivity contribution >= 4 is 10.0 Å². The molecule has 0 aliphatic heterocycles. The minimum atomic E-state index is -3.55. The van der Waals surface area contributed by atoms with Crippen LogP contribution >= 0.6 is 0 Å². The number of hydrogen-bond donors (Lipinski definition) is 2. The van der Waals surface area contributed by atoms with Crippen molar-refractivity contribution in [1.82, 2.24) is 14.5 Å². The van der Waals surface area contributed by atoms with E-state index in [9.17, 15) is 13.5 Å². The minimum absolute atomic E-state index is 0.122. The zero-order valence-corrected chi connectivity index (χ0v) is 12.3. The van der Waals surface area contributed by atoms with Gasteiger partial charge in [0.1, 0.15) is 0 Å². The standard InChI is InChI=1S/C12H21N3O3S/c1-4-11(9-6-10(16)7-9)14-19(17,18)12-5-8(2)13-15(12)3/h5,9-11,14,16H,4,6-7H2,1-3H3/t9?,10?,11-/m0/s1. The van der Waals surface area contributed by atoms with E-state index in [2.05, 4.69) is 9.82 Å². The fourth-order valence-electron chi connectivity index (χ4n) is 2.57. The van der Waals surface area contributed by atoms with Crippen molar-refractivity contribution in [3.05, 3.63) is 11.8 Å². The molecule has 1 aliphatic carbocycles. The molecule has 0 aromatic carbocycles. The number of hydrogen-bond acceptors (Lipinski definition) is 4. The highest BCUT2D eigenvalue weighted by molar-refractivity contribution is 7.89. The summed E-state index contributed by atoms with van der Waals surface area (Å²) in [6.45, 7) is 3.71. The maximum absolute atomic E-state index is 12.3. The minimum Gasteiger partial charge on any atom is -0.393 e. The first-order valence-corrected chi connectivity index (χ1v) is 8.03. The topological polar surface area (TPSA) is 84.2 Å². The molecule has 1 fully saturated rings. The molecule has 2 N–H and O–H groups in total. The van der Waals surface area contributed by atoms with Crippen LogP contribution in [0.15, 0.2) is 11.1 Å². The van der Waals surface area contributed by atoms with Crippen molar-refractivity contribution in [3.8, 4) is 0 Å². The summed E-state index contributed by atoms with van der Waals surface area (Å²) in [6, 6.07) is 1.44. The van der Waals surface area contributed by atoms with Crippen LogP contribution in [0.25, 0.3) is 0 Å². The predicted octanol–water partition coefficient (Wildman–Crippen LogP) is 0.556. The molecule has 108 valence electrons. The molecular weight excluding hydrogens is 266 g/mol. The molecule has 1 heterocycles. The maximum atomic E-state index is 12.3. The van der Waals surface area contributed by atoms with Crippen LogP contribution in [0.2, 0.25) is 0 Å². The lowest BCUT2D eigenvalue weighted by atomic mass is 9.77. The van der Waals surface area contributed by atoms with Crippen LogP contribution in [0.4, 0.5) is 0 Å². The van der Waals surface area contributed by atoms with Gasteiger partial charge in [-0.3, -0.25) is 4.68 Å². The summed E-state index contributed by atoms with van der Waals surface area (Å²) in [5.41, 5.74) is 0.676. The molecule has 0 saturated heterocycles. The Balaban J connectivity index is 2.14. The summed E-state index contributed by atoms with van der Waals surface area (Å²) in [5.74, 6) is 0.226. The summed E-state index contributed by atoms with van der Waals surface area (Å²) in [7, 11) is -1.93. The SMILES string of the molecule is CC[C@H](NS(=O)(=O)c1cc(C)nn1C)C1CC(O)C1. The van der Waals surface area contributed by atoms with E-state index in [0.29, 0.717) is 25.0 Å². The quantitative estimate of drug-likeness (QED) is 0.828. The summed E-state index contributed by atoms with van der Waals surface area (Å²) >= 11 is 0. The van der Waals surface area contributed by atoms with Crippen molar-refractivity contribution < 1.29 is 13.5 Å². The third-order valence-electron chi connectivity index (χ3n) is 3.70. The number of aromatic nitrogens is 2. The number of aliphatic hydroxyl groups excluding tert-OH is 1. The molecule has 19 heavy (non-hydrogen) atoms. The molecule has 1 aliphatic rings. The molecule has 6 nitrogen and oxygen atoms in total. The van der Waals surface area contributed by atoms with Gasteiger partial charge < -0.3 is 5.11 Å². The monoisotopic (exact) mass is 287 g/mol. The molecule has 0 radical (unpaired) electrons. The van der Waals surface area contributed by atoms with E-state index in [-0.39, 0.29) is 23.1 Å². The smallest absolute Gasteiger partial charge is 0.257 e. The Labute approximate surface area is 113 Å². The van der Waals surface area contributed by atoms with Gasteiger partial charge in [0.2, 0.25) is 0 Å². The Kier molecular flexibility index (Phi) is 3.98. The summed E-state index contributed by atoms with van der Waals surface area (Å²) in [4.78, 5) is 0. The molecule has 0 bridgehead atoms. The Morgan fingerprint density at radius 1 is 1.58 bits per heavy atom. The molecule has 2 rings (SSSR count). The first-order valence-electron chi connectivity index (χ1n) is 6.54. The van der Waals surface area contributed by atoms with Crippen LogP contribution in [0, 0.1) is 12.8 Å². The molecule has 7 heteroatoms. The molecule has 0 unspecified atom stereocenters. The van der Waals surface area contributed by atoms with Gasteiger partial charge in [-0.1, -0.05) is 6.92 Å². The Hall–Kier alpha value is -0.920. The average Bonchev–Trinajstić information content (AvgIpc) is 2.62. The van der Waals surface area contributed by atoms with Gasteiger partial charge in [0.05, 0.1) is 11.8 Å². The second-order valence-electron chi connectivity index (χ2n) is 5.27. The van der Waals surface area contributed by atoms with Gasteiger partial charge in [-0.25, -0.2) is 13.1 Å². The van der Waals surface area contributed by atoms with Crippen molar-refractivity contribution in [2.45, 2.75) is 50.3 Å². The van der Waals surface area contributed by atoms with Crippen LogP contribution in [-0.2, 0) is 17.1 Å². The van der Waals surface area contributed by atoms with Crippen LogP contribution in [0.3, 0.4) is 0 Å². The molecule has 0 amide bonds. The van der Waals surface area contributed by atoms with E-state index >= 15 is 0 Å². The summed E-state index contributed by atoms with van der Waals surface area (Å²) < 4.78 is 28.8. The van der Waals surface area contributed by atoms with Crippen molar-refractivity contribution in [3.63, 3.8) is 0 Å². The van der Waals surface area contributed by atoms with Gasteiger partial charge in [0.15, 0.2) is 5.03 Å². The van der Waals surface area contributed by atoms with Crippen molar-refractivity contribution in [2.75, 3.05) is 0 Å². The normalized spacial score (nSPS) is 25.1. The van der Waals surface area contributed by atoms with Crippen LogP contribution in [0.5, 0.6) is 0 Å². The Morgan fingerprint density at radius 3 is 2.63 bits per heavy atom. The molecular formula is C12H21N3O3S. The second-order valence-corrected chi connectivity index (χ2v) is 6.93. The number of rotatable bonds is 5. The molecule has 1 aromatic heterocycles. The average molecular weight is 287 g/mol. The second kappa shape index (κ2) is 5.22. The molecule has 1 saturated carbocycles. The van der Waals surface area contributed by atoms with Gasteiger partial charge in [0, 0.05) is 13.1 Å². The zero-order valence-electron chi connectivity index (χ0n) is 11.5. The number of aliphatic hydroxyl groups is 1. The van der Waals surface area contributed by atoms with E-state index < -0.39 is 10.0 Å². The zero-order chi connectivity index (χ0) is 14.2. The summed E-state index contributed by atoms with van der Waals surface area (Å²) in [5, 5.41) is 13.6. The number of nitrogens with zero attached hydrogens (tertiary/aromatic N) is 2. The van der Waals surface area contributed by atoms with Crippen LogP contribution < -0.4 is 4.72 Å². The molecule has 1 aromatic rings. The van der Waals surface area contributed by atoms with E-state index in [0.717, 1.165) is 0 Å². The van der Waals surface area contributed by atoms with Crippen molar-refractivity contribution in [1.29, 1.82) is 0 Å². The number of nitrogens with one attached hydrogen (secondary N) is 1. The fourth-order valence-corrected chi connectivity index (χ4v) is 4.16. The number of aryl methyl sites for hydroxylation is 2. The summed E-state index contributed by atoms with van der Waals surface area (Å²) in [6.07, 6.45) is 1.78. The van der Waals surface area contributed by atoms with Gasteiger partial charge in [0.25, 0.3) is 10.0 Å². The highest BCUT2D eigenvalue weighted by Crippen LogP contribution is 2.32. The highest BCUT2D eigenvalue weighted by Gasteiger charge is 2.35.